The Bertz CT molecular complexity index is 838. The molecule has 1 N–H and O–H groups in total. The summed E-state index contributed by atoms with van der Waals surface area (Å²) in [5.74, 6) is 1.03. The van der Waals surface area contributed by atoms with Crippen LogP contribution in [0.25, 0.3) is 0 Å². The van der Waals surface area contributed by atoms with Gasteiger partial charge in [-0.3, -0.25) is 9.36 Å². The summed E-state index contributed by atoms with van der Waals surface area (Å²) in [6, 6.07) is 10.5. The minimum absolute atomic E-state index is 0.134. The Morgan fingerprint density at radius 1 is 1.20 bits per heavy atom. The molecule has 25 heavy (non-hydrogen) atoms. The molecule has 2 heterocycles. The maximum atomic E-state index is 12.7. The first-order valence-corrected chi connectivity index (χ1v) is 8.80. The maximum Gasteiger partial charge on any atom is 0.275 e. The highest BCUT2D eigenvalue weighted by molar-refractivity contribution is 5.56. The lowest BCUT2D eigenvalue weighted by Gasteiger charge is -2.24. The van der Waals surface area contributed by atoms with Crippen molar-refractivity contribution in [1.82, 2.24) is 9.55 Å². The van der Waals surface area contributed by atoms with Crippen LogP contribution < -0.4 is 15.8 Å². The summed E-state index contributed by atoms with van der Waals surface area (Å²) < 4.78 is 1.53. The number of aromatic nitrogens is 2. The molecule has 6 nitrogen and oxygen atoms in total. The molecule has 0 saturated carbocycles. The number of nitrogens with one attached hydrogen (secondary N) is 1. The van der Waals surface area contributed by atoms with Crippen molar-refractivity contribution in [1.29, 1.82) is 5.26 Å². The van der Waals surface area contributed by atoms with Crippen LogP contribution in [0.4, 0.5) is 11.8 Å². The average Bonchev–Trinajstić information content (AvgIpc) is 2.84. The molecule has 0 unspecified atom stereocenters. The fourth-order valence-electron chi connectivity index (χ4n) is 3.34. The first kappa shape index (κ1) is 17.0. The van der Waals surface area contributed by atoms with E-state index in [0.717, 1.165) is 25.9 Å². The van der Waals surface area contributed by atoms with E-state index < -0.39 is 0 Å². The van der Waals surface area contributed by atoms with Gasteiger partial charge in [-0.25, -0.2) is 0 Å². The molecular formula is C19H23N5O. The lowest BCUT2D eigenvalue weighted by Crippen LogP contribution is -2.34. The van der Waals surface area contributed by atoms with E-state index in [1.54, 1.807) is 0 Å². The van der Waals surface area contributed by atoms with E-state index in [9.17, 15) is 10.1 Å². The van der Waals surface area contributed by atoms with Crippen LogP contribution >= 0.6 is 0 Å². The van der Waals surface area contributed by atoms with Crippen molar-refractivity contribution >= 4 is 11.8 Å². The van der Waals surface area contributed by atoms with E-state index >= 15 is 0 Å². The van der Waals surface area contributed by atoms with E-state index in [1.165, 1.54) is 15.7 Å². The van der Waals surface area contributed by atoms with Crippen LogP contribution in [0.3, 0.4) is 0 Å². The van der Waals surface area contributed by atoms with Crippen molar-refractivity contribution in [2.24, 2.45) is 0 Å². The molecule has 0 bridgehead atoms. The molecule has 0 amide bonds. The van der Waals surface area contributed by atoms with Crippen LogP contribution in [0.15, 0.2) is 29.1 Å². The lowest BCUT2D eigenvalue weighted by atomic mass is 10.0. The van der Waals surface area contributed by atoms with Crippen LogP contribution in [0.2, 0.25) is 0 Å². The van der Waals surface area contributed by atoms with Gasteiger partial charge >= 0.3 is 0 Å². The third-order valence-electron chi connectivity index (χ3n) is 4.63. The Morgan fingerprint density at radius 3 is 2.36 bits per heavy atom. The van der Waals surface area contributed by atoms with Gasteiger partial charge in [0.25, 0.3) is 5.56 Å². The van der Waals surface area contributed by atoms with Crippen molar-refractivity contribution in [3.63, 3.8) is 0 Å². The molecule has 130 valence electrons. The molecule has 0 atom stereocenters. The van der Waals surface area contributed by atoms with Crippen molar-refractivity contribution in [3.05, 3.63) is 51.3 Å². The number of benzene rings is 1. The molecule has 3 rings (SSSR count). The number of hydrogen-bond donors (Lipinski definition) is 1. The third-order valence-corrected chi connectivity index (χ3v) is 4.63. The minimum Gasteiger partial charge on any atom is -0.356 e. The molecule has 0 aliphatic carbocycles. The number of fused-ring (bicyclic) bond motifs is 1. The van der Waals surface area contributed by atoms with E-state index in [0.29, 0.717) is 24.9 Å². The molecule has 6 heteroatoms. The van der Waals surface area contributed by atoms with Crippen LogP contribution in [-0.2, 0) is 19.4 Å². The highest BCUT2D eigenvalue weighted by Gasteiger charge is 2.22. The van der Waals surface area contributed by atoms with Gasteiger partial charge in [-0.15, -0.1) is 0 Å². The molecule has 0 saturated heterocycles. The highest BCUT2D eigenvalue weighted by atomic mass is 16.1. The van der Waals surface area contributed by atoms with Gasteiger partial charge in [-0.2, -0.15) is 10.2 Å². The predicted molar refractivity (Wildman–Crippen MR) is 99.1 cm³/mol. The number of nitrogens with zero attached hydrogens (tertiary/aromatic N) is 4. The van der Waals surface area contributed by atoms with Gasteiger partial charge < -0.3 is 10.2 Å². The van der Waals surface area contributed by atoms with Gasteiger partial charge in [0.05, 0.1) is 0 Å². The Balaban J connectivity index is 2.02. The first-order chi connectivity index (χ1) is 12.2. The number of anilines is 2. The summed E-state index contributed by atoms with van der Waals surface area (Å²) in [7, 11) is 0. The molecular weight excluding hydrogens is 314 g/mol. The molecule has 1 aliphatic heterocycles. The number of nitriles is 1. The Labute approximate surface area is 147 Å². The minimum atomic E-state index is -0.271. The summed E-state index contributed by atoms with van der Waals surface area (Å²) >= 11 is 0. The summed E-state index contributed by atoms with van der Waals surface area (Å²) in [6.45, 7) is 6.50. The van der Waals surface area contributed by atoms with Gasteiger partial charge in [0.1, 0.15) is 6.07 Å². The Hall–Kier alpha value is -2.81. The SMILES string of the molecule is CCNc1nc(N2CCc3ccccc3CC2)c(C#N)c(=O)n1CC. The van der Waals surface area contributed by atoms with Gasteiger partial charge in [-0.1, -0.05) is 24.3 Å². The van der Waals surface area contributed by atoms with Crippen molar-refractivity contribution < 1.29 is 0 Å². The van der Waals surface area contributed by atoms with Gasteiger partial charge in [0, 0.05) is 26.2 Å². The second-order valence-corrected chi connectivity index (χ2v) is 6.08. The smallest absolute Gasteiger partial charge is 0.275 e. The summed E-state index contributed by atoms with van der Waals surface area (Å²) in [5.41, 5.74) is 2.52. The summed E-state index contributed by atoms with van der Waals surface area (Å²) in [4.78, 5) is 19.4. The largest absolute Gasteiger partial charge is 0.356 e. The van der Waals surface area contributed by atoms with Crippen LogP contribution in [0.5, 0.6) is 0 Å². The number of hydrogen-bond acceptors (Lipinski definition) is 5. The highest BCUT2D eigenvalue weighted by Crippen LogP contribution is 2.22. The summed E-state index contributed by atoms with van der Waals surface area (Å²) in [6.07, 6.45) is 1.77. The molecule has 2 aromatic rings. The zero-order valence-corrected chi connectivity index (χ0v) is 14.7. The Morgan fingerprint density at radius 2 is 1.84 bits per heavy atom. The zero-order chi connectivity index (χ0) is 17.8. The molecule has 0 spiro atoms. The normalized spacial score (nSPS) is 13.7. The van der Waals surface area contributed by atoms with Crippen molar-refractivity contribution in [3.8, 4) is 6.07 Å². The average molecular weight is 337 g/mol. The van der Waals surface area contributed by atoms with E-state index in [-0.39, 0.29) is 11.1 Å². The fraction of sp³-hybridized carbons (Fsp3) is 0.421. The molecule has 1 aromatic carbocycles. The first-order valence-electron chi connectivity index (χ1n) is 8.80. The van der Waals surface area contributed by atoms with Gasteiger partial charge in [-0.05, 0) is 37.8 Å². The summed E-state index contributed by atoms with van der Waals surface area (Å²) in [5, 5.41) is 12.7. The molecule has 1 aliphatic rings. The predicted octanol–water partition coefficient (Wildman–Crippen LogP) is 2.17. The van der Waals surface area contributed by atoms with Gasteiger partial charge in [0.2, 0.25) is 5.95 Å². The van der Waals surface area contributed by atoms with E-state index in [1.807, 2.05) is 13.8 Å². The van der Waals surface area contributed by atoms with Crippen molar-refractivity contribution in [2.75, 3.05) is 29.9 Å². The van der Waals surface area contributed by atoms with Crippen molar-refractivity contribution in [2.45, 2.75) is 33.2 Å². The Kier molecular flexibility index (Phi) is 5.03. The van der Waals surface area contributed by atoms with E-state index in [4.69, 9.17) is 0 Å². The van der Waals surface area contributed by atoms with Crippen LogP contribution in [-0.4, -0.2) is 29.2 Å². The standard InChI is InChI=1S/C19H23N5O/c1-3-21-19-22-17(16(13-20)18(25)24(19)4-2)23-11-9-14-7-5-6-8-15(14)10-12-23/h5-8H,3-4,9-12H2,1-2H3,(H,21,22). The molecule has 0 radical (unpaired) electrons. The zero-order valence-electron chi connectivity index (χ0n) is 14.7. The van der Waals surface area contributed by atoms with Crippen LogP contribution in [0.1, 0.15) is 30.5 Å². The quantitative estimate of drug-likeness (QED) is 0.925. The monoisotopic (exact) mass is 337 g/mol. The topological polar surface area (TPSA) is 74.0 Å². The second kappa shape index (κ2) is 7.39. The fourth-order valence-corrected chi connectivity index (χ4v) is 3.34. The number of rotatable bonds is 4. The van der Waals surface area contributed by atoms with E-state index in [2.05, 4.69) is 45.5 Å². The lowest BCUT2D eigenvalue weighted by molar-refractivity contribution is 0.699. The third kappa shape index (κ3) is 3.22. The second-order valence-electron chi connectivity index (χ2n) is 6.08. The molecule has 0 fully saturated rings. The molecule has 1 aromatic heterocycles. The van der Waals surface area contributed by atoms with Crippen LogP contribution in [0, 0.1) is 11.3 Å². The van der Waals surface area contributed by atoms with Gasteiger partial charge in [0.15, 0.2) is 11.4 Å². The maximum absolute atomic E-state index is 12.7.